The Hall–Kier alpha value is -0.900. The van der Waals surface area contributed by atoms with Gasteiger partial charge in [-0.3, -0.25) is 14.4 Å². The molecule has 0 unspecified atom stereocenters. The van der Waals surface area contributed by atoms with E-state index in [1.807, 2.05) is 0 Å². The molecule has 4 heteroatoms. The Morgan fingerprint density at radius 2 is 1.04 bits per heavy atom. The van der Waals surface area contributed by atoms with Gasteiger partial charge in [0.2, 0.25) is 0 Å². The highest BCUT2D eigenvalue weighted by atomic mass is 16.7. The molecular formula is C20H37NO3. The lowest BCUT2D eigenvalue weighted by molar-refractivity contribution is -0.187. The molecule has 0 aromatic rings. The van der Waals surface area contributed by atoms with Crippen molar-refractivity contribution in [2.24, 2.45) is 0 Å². The predicted octanol–water partition coefficient (Wildman–Crippen LogP) is 5.55. The number of hydroxylamine groups is 2. The topological polar surface area (TPSA) is 46.6 Å². The van der Waals surface area contributed by atoms with Crippen molar-refractivity contribution in [3.05, 3.63) is 0 Å². The number of imide groups is 1. The van der Waals surface area contributed by atoms with Crippen molar-refractivity contribution >= 4 is 11.8 Å². The molecule has 2 amide bonds. The van der Waals surface area contributed by atoms with Gasteiger partial charge in [0.25, 0.3) is 11.8 Å². The third kappa shape index (κ3) is 10.1. The van der Waals surface area contributed by atoms with E-state index in [0.29, 0.717) is 19.4 Å². The molecule has 0 bridgehead atoms. The summed E-state index contributed by atoms with van der Waals surface area (Å²) in [6, 6.07) is 0. The third-order valence-corrected chi connectivity index (χ3v) is 4.72. The van der Waals surface area contributed by atoms with E-state index < -0.39 is 0 Å². The summed E-state index contributed by atoms with van der Waals surface area (Å²) in [7, 11) is 0. The Morgan fingerprint density at radius 1 is 0.667 bits per heavy atom. The average Bonchev–Trinajstić information content (AvgIpc) is 2.90. The van der Waals surface area contributed by atoms with Gasteiger partial charge in [-0.2, -0.15) is 5.06 Å². The fraction of sp³-hybridized carbons (Fsp3) is 0.900. The largest absolute Gasteiger partial charge is 0.272 e. The minimum absolute atomic E-state index is 0.189. The first-order chi connectivity index (χ1) is 11.8. The van der Waals surface area contributed by atoms with Crippen molar-refractivity contribution in [1.82, 2.24) is 5.06 Å². The van der Waals surface area contributed by atoms with Crippen LogP contribution in [0.3, 0.4) is 0 Å². The van der Waals surface area contributed by atoms with Gasteiger partial charge >= 0.3 is 0 Å². The Bertz CT molecular complexity index is 328. The number of carbonyl (C=O) groups is 2. The van der Waals surface area contributed by atoms with E-state index in [0.717, 1.165) is 17.9 Å². The molecular weight excluding hydrogens is 302 g/mol. The van der Waals surface area contributed by atoms with E-state index in [4.69, 9.17) is 4.84 Å². The van der Waals surface area contributed by atoms with Crippen molar-refractivity contribution in [1.29, 1.82) is 0 Å². The zero-order valence-corrected chi connectivity index (χ0v) is 15.7. The van der Waals surface area contributed by atoms with Crippen molar-refractivity contribution in [2.75, 3.05) is 6.61 Å². The molecule has 0 N–H and O–H groups in total. The minimum Gasteiger partial charge on any atom is -0.272 e. The van der Waals surface area contributed by atoms with E-state index >= 15 is 0 Å². The van der Waals surface area contributed by atoms with E-state index in [2.05, 4.69) is 6.92 Å². The van der Waals surface area contributed by atoms with Crippen molar-refractivity contribution in [3.63, 3.8) is 0 Å². The van der Waals surface area contributed by atoms with Crippen LogP contribution < -0.4 is 0 Å². The van der Waals surface area contributed by atoms with Crippen LogP contribution in [0.1, 0.15) is 110 Å². The summed E-state index contributed by atoms with van der Waals surface area (Å²) in [5.41, 5.74) is 0. The normalized spacial score (nSPS) is 14.8. The number of rotatable bonds is 16. The van der Waals surface area contributed by atoms with Gasteiger partial charge < -0.3 is 0 Å². The van der Waals surface area contributed by atoms with Gasteiger partial charge in [-0.05, 0) is 6.42 Å². The fourth-order valence-corrected chi connectivity index (χ4v) is 3.15. The number of nitrogens with zero attached hydrogens (tertiary/aromatic N) is 1. The summed E-state index contributed by atoms with van der Waals surface area (Å²) in [6.45, 7) is 2.75. The molecule has 24 heavy (non-hydrogen) atoms. The Labute approximate surface area is 148 Å². The van der Waals surface area contributed by atoms with E-state index in [-0.39, 0.29) is 11.8 Å². The number of hydrogen-bond acceptors (Lipinski definition) is 3. The quantitative estimate of drug-likeness (QED) is 0.274. The summed E-state index contributed by atoms with van der Waals surface area (Å²) in [6.07, 6.45) is 19.0. The van der Waals surface area contributed by atoms with Crippen LogP contribution >= 0.6 is 0 Å². The van der Waals surface area contributed by atoms with E-state index in [1.54, 1.807) is 0 Å². The van der Waals surface area contributed by atoms with Crippen LogP contribution in [0.25, 0.3) is 0 Å². The summed E-state index contributed by atoms with van der Waals surface area (Å²) in [5.74, 6) is -0.379. The molecule has 1 heterocycles. The second-order valence-corrected chi connectivity index (χ2v) is 7.01. The molecule has 1 fully saturated rings. The number of unbranched alkanes of at least 4 members (excludes halogenated alkanes) is 13. The molecule has 1 aliphatic heterocycles. The highest BCUT2D eigenvalue weighted by molar-refractivity contribution is 6.00. The van der Waals surface area contributed by atoms with Crippen LogP contribution in [-0.4, -0.2) is 23.5 Å². The lowest BCUT2D eigenvalue weighted by atomic mass is 10.0. The molecule has 0 atom stereocenters. The fourth-order valence-electron chi connectivity index (χ4n) is 3.15. The second kappa shape index (κ2) is 14.4. The van der Waals surface area contributed by atoms with Crippen LogP contribution in [-0.2, 0) is 14.4 Å². The summed E-state index contributed by atoms with van der Waals surface area (Å²) in [5, 5.41) is 0.961. The molecule has 0 aromatic carbocycles. The van der Waals surface area contributed by atoms with Crippen LogP contribution in [0.5, 0.6) is 0 Å². The highest BCUT2D eigenvalue weighted by Gasteiger charge is 2.29. The molecule has 4 nitrogen and oxygen atoms in total. The Morgan fingerprint density at radius 3 is 1.46 bits per heavy atom. The molecule has 1 saturated heterocycles. The molecule has 0 aromatic heterocycles. The smallest absolute Gasteiger partial charge is 0.253 e. The van der Waals surface area contributed by atoms with Gasteiger partial charge in [0, 0.05) is 12.8 Å². The lowest BCUT2D eigenvalue weighted by Crippen LogP contribution is -2.29. The van der Waals surface area contributed by atoms with Crippen LogP contribution in [0.4, 0.5) is 0 Å². The van der Waals surface area contributed by atoms with E-state index in [9.17, 15) is 9.59 Å². The summed E-state index contributed by atoms with van der Waals surface area (Å²) >= 11 is 0. The zero-order valence-electron chi connectivity index (χ0n) is 15.7. The minimum atomic E-state index is -0.189. The van der Waals surface area contributed by atoms with Crippen molar-refractivity contribution in [2.45, 2.75) is 110 Å². The maximum atomic E-state index is 11.3. The number of hydrogen-bond donors (Lipinski definition) is 0. The predicted molar refractivity (Wildman–Crippen MR) is 97.4 cm³/mol. The summed E-state index contributed by atoms with van der Waals surface area (Å²) < 4.78 is 0. The van der Waals surface area contributed by atoms with Gasteiger partial charge in [0.15, 0.2) is 0 Å². The monoisotopic (exact) mass is 339 g/mol. The second-order valence-electron chi connectivity index (χ2n) is 7.01. The van der Waals surface area contributed by atoms with Gasteiger partial charge in [-0.25, -0.2) is 0 Å². The van der Waals surface area contributed by atoms with Gasteiger partial charge in [-0.15, -0.1) is 0 Å². The Balaban J connectivity index is 1.75. The maximum Gasteiger partial charge on any atom is 0.253 e. The van der Waals surface area contributed by atoms with Crippen LogP contribution in [0, 0.1) is 0 Å². The van der Waals surface area contributed by atoms with Crippen molar-refractivity contribution in [3.8, 4) is 0 Å². The molecule has 0 radical (unpaired) electrons. The third-order valence-electron chi connectivity index (χ3n) is 4.72. The highest BCUT2D eigenvalue weighted by Crippen LogP contribution is 2.14. The maximum absolute atomic E-state index is 11.3. The molecule has 0 spiro atoms. The lowest BCUT2D eigenvalue weighted by Gasteiger charge is -2.12. The Kier molecular flexibility index (Phi) is 12.7. The first-order valence-corrected chi connectivity index (χ1v) is 10.2. The average molecular weight is 340 g/mol. The molecule has 1 rings (SSSR count). The number of amides is 2. The van der Waals surface area contributed by atoms with E-state index in [1.165, 1.54) is 77.0 Å². The molecule has 1 aliphatic rings. The van der Waals surface area contributed by atoms with Crippen LogP contribution in [0.15, 0.2) is 0 Å². The zero-order chi connectivity index (χ0) is 17.5. The van der Waals surface area contributed by atoms with Crippen LogP contribution in [0.2, 0.25) is 0 Å². The molecule has 0 aliphatic carbocycles. The van der Waals surface area contributed by atoms with Gasteiger partial charge in [0.1, 0.15) is 0 Å². The number of carbonyl (C=O) groups excluding carboxylic acids is 2. The SMILES string of the molecule is CCCCCCCCCCCCCCCCON1C(=O)CCC1=O. The van der Waals surface area contributed by atoms with Gasteiger partial charge in [-0.1, -0.05) is 90.4 Å². The first kappa shape index (κ1) is 21.1. The van der Waals surface area contributed by atoms with Gasteiger partial charge in [0.05, 0.1) is 6.61 Å². The standard InChI is InChI=1S/C20H37NO3/c1-2-3-4-5-6-7-8-9-10-11-12-13-14-15-18-24-21-19(22)16-17-20(21)23/h2-18H2,1H3. The molecule has 140 valence electrons. The first-order valence-electron chi connectivity index (χ1n) is 10.2. The summed E-state index contributed by atoms with van der Waals surface area (Å²) in [4.78, 5) is 28.0. The molecule has 0 saturated carbocycles. The van der Waals surface area contributed by atoms with Crippen molar-refractivity contribution < 1.29 is 14.4 Å².